The van der Waals surface area contributed by atoms with E-state index in [9.17, 15) is 35.4 Å². The van der Waals surface area contributed by atoms with Crippen molar-refractivity contribution in [3.05, 3.63) is 12.2 Å². The number of amides is 1. The molecule has 1 heterocycles. The largest absolute Gasteiger partial charge is 0.394 e. The lowest BCUT2D eigenvalue weighted by Gasteiger charge is -2.40. The molecule has 0 radical (unpaired) electrons. The van der Waals surface area contributed by atoms with Gasteiger partial charge in [0.2, 0.25) is 5.91 Å². The number of rotatable bonds is 35. The topological polar surface area (TPSA) is 169 Å². The molecule has 10 nitrogen and oxygen atoms in total. The van der Waals surface area contributed by atoms with Crippen LogP contribution < -0.4 is 5.32 Å². The summed E-state index contributed by atoms with van der Waals surface area (Å²) in [6.45, 7) is 3.59. The first-order chi connectivity index (χ1) is 25.3. The Morgan fingerprint density at radius 2 is 1.10 bits per heavy atom. The molecule has 0 saturated carbocycles. The predicted molar refractivity (Wildman–Crippen MR) is 209 cm³/mol. The van der Waals surface area contributed by atoms with Crippen LogP contribution in [0.3, 0.4) is 0 Å². The van der Waals surface area contributed by atoms with Gasteiger partial charge in [-0.3, -0.25) is 4.79 Å². The molecule has 0 bridgehead atoms. The molecule has 0 unspecified atom stereocenters. The average Bonchev–Trinajstić information content (AvgIpc) is 3.14. The molecule has 1 fully saturated rings. The number of aliphatic hydroxyl groups excluding tert-OH is 6. The standard InChI is InChI=1S/C42H81NO9/c1-3-5-7-9-11-13-15-17-19-21-23-25-27-29-31-36(46)41(50)43-34(33-51-42-40(49)39(48)38(47)37(32-44)52-42)35(45)30-28-26-24-22-20-18-16-14-12-10-8-6-4-2/h28,30,34-40,42,44-49H,3-27,29,31-33H2,1-2H3,(H,43,50)/b30-28+/t34-,35+,36+,37+,38+,39-,40+,42+/m0/s1. The third-order valence-corrected chi connectivity index (χ3v) is 10.5. The molecule has 52 heavy (non-hydrogen) atoms. The third kappa shape index (κ3) is 23.6. The summed E-state index contributed by atoms with van der Waals surface area (Å²) in [4.78, 5) is 13.0. The van der Waals surface area contributed by atoms with Gasteiger partial charge in [-0.25, -0.2) is 0 Å². The first-order valence-electron chi connectivity index (χ1n) is 21.5. The van der Waals surface area contributed by atoms with Gasteiger partial charge >= 0.3 is 0 Å². The summed E-state index contributed by atoms with van der Waals surface area (Å²) < 4.78 is 11.1. The van der Waals surface area contributed by atoms with E-state index in [-0.39, 0.29) is 6.61 Å². The quantitative estimate of drug-likeness (QED) is 0.0264. The van der Waals surface area contributed by atoms with Gasteiger partial charge in [-0.15, -0.1) is 0 Å². The van der Waals surface area contributed by atoms with Crippen molar-refractivity contribution in [2.24, 2.45) is 0 Å². The average molecular weight is 744 g/mol. The molecule has 1 saturated heterocycles. The van der Waals surface area contributed by atoms with Crippen molar-refractivity contribution in [1.82, 2.24) is 5.32 Å². The van der Waals surface area contributed by atoms with Crippen LogP contribution >= 0.6 is 0 Å². The van der Waals surface area contributed by atoms with E-state index in [0.717, 1.165) is 44.9 Å². The number of unbranched alkanes of at least 4 members (excludes halogenated alkanes) is 24. The van der Waals surface area contributed by atoms with Crippen LogP contribution in [0.2, 0.25) is 0 Å². The molecule has 1 aliphatic rings. The number of carbonyl (C=O) groups excluding carboxylic acids is 1. The second-order valence-corrected chi connectivity index (χ2v) is 15.3. The summed E-state index contributed by atoms with van der Waals surface area (Å²) >= 11 is 0. The van der Waals surface area contributed by atoms with Gasteiger partial charge in [0.25, 0.3) is 0 Å². The van der Waals surface area contributed by atoms with Crippen LogP contribution in [0.15, 0.2) is 12.2 Å². The zero-order chi connectivity index (χ0) is 38.2. The number of carbonyl (C=O) groups is 1. The van der Waals surface area contributed by atoms with Crippen LogP contribution in [0, 0.1) is 0 Å². The highest BCUT2D eigenvalue weighted by atomic mass is 16.7. The maximum absolute atomic E-state index is 13.0. The number of hydrogen-bond acceptors (Lipinski definition) is 9. The van der Waals surface area contributed by atoms with E-state index in [4.69, 9.17) is 9.47 Å². The van der Waals surface area contributed by atoms with E-state index in [1.807, 2.05) is 6.08 Å². The van der Waals surface area contributed by atoms with Crippen molar-refractivity contribution in [2.75, 3.05) is 13.2 Å². The Morgan fingerprint density at radius 3 is 1.56 bits per heavy atom. The maximum atomic E-state index is 13.0. The second-order valence-electron chi connectivity index (χ2n) is 15.3. The lowest BCUT2D eigenvalue weighted by molar-refractivity contribution is -0.302. The number of allylic oxidation sites excluding steroid dienone is 1. The Morgan fingerprint density at radius 1 is 0.654 bits per heavy atom. The number of ether oxygens (including phenoxy) is 2. The Labute approximate surface area is 317 Å². The summed E-state index contributed by atoms with van der Waals surface area (Å²) in [7, 11) is 0. The molecule has 1 amide bonds. The molecular formula is C42H81NO9. The van der Waals surface area contributed by atoms with Gasteiger partial charge in [-0.2, -0.15) is 0 Å². The molecule has 8 atom stereocenters. The summed E-state index contributed by atoms with van der Waals surface area (Å²) in [5.41, 5.74) is 0. The molecular weight excluding hydrogens is 662 g/mol. The molecule has 0 aromatic heterocycles. The van der Waals surface area contributed by atoms with E-state index in [2.05, 4.69) is 19.2 Å². The van der Waals surface area contributed by atoms with Gasteiger partial charge in [-0.1, -0.05) is 180 Å². The molecule has 0 aromatic rings. The zero-order valence-electron chi connectivity index (χ0n) is 33.2. The maximum Gasteiger partial charge on any atom is 0.249 e. The van der Waals surface area contributed by atoms with Crippen LogP contribution in [-0.2, 0) is 14.3 Å². The van der Waals surface area contributed by atoms with Crippen LogP contribution in [-0.4, -0.2) is 98.7 Å². The van der Waals surface area contributed by atoms with E-state index >= 15 is 0 Å². The highest BCUT2D eigenvalue weighted by molar-refractivity contribution is 5.80. The molecule has 1 rings (SSSR count). The molecule has 0 spiro atoms. The fourth-order valence-electron chi connectivity index (χ4n) is 6.87. The fourth-order valence-corrected chi connectivity index (χ4v) is 6.87. The summed E-state index contributed by atoms with van der Waals surface area (Å²) in [5.74, 6) is -0.616. The summed E-state index contributed by atoms with van der Waals surface area (Å²) in [6.07, 6.45) is 25.8. The van der Waals surface area contributed by atoms with Crippen LogP contribution in [0.5, 0.6) is 0 Å². The molecule has 0 aromatic carbocycles. The Balaban J connectivity index is 2.46. The van der Waals surface area contributed by atoms with Crippen molar-refractivity contribution in [3.8, 4) is 0 Å². The Kier molecular flexibility index (Phi) is 31.3. The zero-order valence-corrected chi connectivity index (χ0v) is 33.2. The van der Waals surface area contributed by atoms with Gasteiger partial charge in [0.15, 0.2) is 6.29 Å². The second kappa shape index (κ2) is 33.2. The van der Waals surface area contributed by atoms with Crippen molar-refractivity contribution in [1.29, 1.82) is 0 Å². The van der Waals surface area contributed by atoms with E-state index < -0.39 is 61.5 Å². The third-order valence-electron chi connectivity index (χ3n) is 10.5. The molecule has 10 heteroatoms. The minimum Gasteiger partial charge on any atom is -0.394 e. The van der Waals surface area contributed by atoms with Gasteiger partial charge in [0.05, 0.1) is 25.4 Å². The lowest BCUT2D eigenvalue weighted by atomic mass is 9.99. The number of nitrogens with one attached hydrogen (secondary N) is 1. The normalized spacial score (nSPS) is 22.5. The van der Waals surface area contributed by atoms with Crippen LogP contribution in [0.4, 0.5) is 0 Å². The van der Waals surface area contributed by atoms with Crippen molar-refractivity contribution in [3.63, 3.8) is 0 Å². The van der Waals surface area contributed by atoms with Gasteiger partial charge in [0.1, 0.15) is 30.5 Å². The van der Waals surface area contributed by atoms with Crippen molar-refractivity contribution >= 4 is 5.91 Å². The van der Waals surface area contributed by atoms with E-state index in [1.165, 1.54) is 122 Å². The fraction of sp³-hybridized carbons (Fsp3) is 0.929. The van der Waals surface area contributed by atoms with Gasteiger partial charge in [-0.05, 0) is 19.3 Å². The minimum atomic E-state index is -1.61. The summed E-state index contributed by atoms with van der Waals surface area (Å²) in [5, 5.41) is 64.5. The van der Waals surface area contributed by atoms with Crippen molar-refractivity contribution < 1.29 is 44.9 Å². The predicted octanol–water partition coefficient (Wildman–Crippen LogP) is 7.14. The molecule has 308 valence electrons. The Bertz CT molecular complexity index is 844. The van der Waals surface area contributed by atoms with Crippen LogP contribution in [0.1, 0.15) is 187 Å². The number of hydrogen-bond donors (Lipinski definition) is 7. The summed E-state index contributed by atoms with van der Waals surface area (Å²) in [6, 6.07) is -0.973. The Hall–Kier alpha value is -1.11. The van der Waals surface area contributed by atoms with Crippen molar-refractivity contribution in [2.45, 2.75) is 236 Å². The van der Waals surface area contributed by atoms with Gasteiger partial charge < -0.3 is 45.4 Å². The molecule has 1 aliphatic heterocycles. The first kappa shape index (κ1) is 48.9. The SMILES string of the molecule is CCCCCCCCCCCCC/C=C/[C@@H](O)[C@H](CO[C@@H]1O[C@H](CO)[C@@H](O)[C@H](O)[C@H]1O)NC(=O)[C@H](O)CCCCCCCCCCCCCCCC. The van der Waals surface area contributed by atoms with Crippen LogP contribution in [0.25, 0.3) is 0 Å². The van der Waals surface area contributed by atoms with Gasteiger partial charge in [0, 0.05) is 0 Å². The number of aliphatic hydroxyl groups is 6. The molecule has 7 N–H and O–H groups in total. The van der Waals surface area contributed by atoms with E-state index in [1.54, 1.807) is 6.08 Å². The highest BCUT2D eigenvalue weighted by Gasteiger charge is 2.44. The smallest absolute Gasteiger partial charge is 0.249 e. The lowest BCUT2D eigenvalue weighted by Crippen LogP contribution is -2.60. The monoisotopic (exact) mass is 744 g/mol. The first-order valence-corrected chi connectivity index (χ1v) is 21.5. The molecule has 0 aliphatic carbocycles. The minimum absolute atomic E-state index is 0.302. The highest BCUT2D eigenvalue weighted by Crippen LogP contribution is 2.23. The van der Waals surface area contributed by atoms with E-state index in [0.29, 0.717) is 6.42 Å².